The monoisotopic (exact) mass is 275 g/mol. The van der Waals surface area contributed by atoms with E-state index in [2.05, 4.69) is 42.7 Å². The quantitative estimate of drug-likeness (QED) is 0.854. The van der Waals surface area contributed by atoms with Crippen LogP contribution in [0.25, 0.3) is 0 Å². The lowest BCUT2D eigenvalue weighted by atomic mass is 10.1. The molecular formula is C16H21NOS. The molecule has 2 rings (SSSR count). The fourth-order valence-corrected chi connectivity index (χ4v) is 3.04. The zero-order chi connectivity index (χ0) is 13.7. The highest BCUT2D eigenvalue weighted by molar-refractivity contribution is 7.10. The van der Waals surface area contributed by atoms with Gasteiger partial charge in [0.15, 0.2) is 0 Å². The summed E-state index contributed by atoms with van der Waals surface area (Å²) in [5, 5.41) is 5.75. The number of methoxy groups -OCH3 is 1. The third-order valence-electron chi connectivity index (χ3n) is 3.38. The van der Waals surface area contributed by atoms with Gasteiger partial charge in [-0.05, 0) is 48.1 Å². The summed E-state index contributed by atoms with van der Waals surface area (Å²) in [6.45, 7) is 5.32. The van der Waals surface area contributed by atoms with Crippen LogP contribution in [0, 0.1) is 0 Å². The molecule has 1 aromatic carbocycles. The number of hydrogen-bond acceptors (Lipinski definition) is 3. The maximum absolute atomic E-state index is 5.27. The van der Waals surface area contributed by atoms with Crippen LogP contribution in [-0.4, -0.2) is 7.11 Å². The van der Waals surface area contributed by atoms with E-state index in [4.69, 9.17) is 4.74 Å². The summed E-state index contributed by atoms with van der Waals surface area (Å²) in [5.74, 6) is 0.913. The highest BCUT2D eigenvalue weighted by Gasteiger charge is 2.08. The van der Waals surface area contributed by atoms with Crippen molar-refractivity contribution in [2.24, 2.45) is 0 Å². The van der Waals surface area contributed by atoms with E-state index < -0.39 is 0 Å². The van der Waals surface area contributed by atoms with Gasteiger partial charge in [0.1, 0.15) is 5.75 Å². The average molecular weight is 275 g/mol. The van der Waals surface area contributed by atoms with Gasteiger partial charge in [-0.3, -0.25) is 0 Å². The second-order valence-corrected chi connectivity index (χ2v) is 5.60. The molecule has 1 N–H and O–H groups in total. The third kappa shape index (κ3) is 3.58. The molecule has 0 radical (unpaired) electrons. The van der Waals surface area contributed by atoms with Gasteiger partial charge in [-0.25, -0.2) is 0 Å². The number of hydrogen-bond donors (Lipinski definition) is 1. The highest BCUT2D eigenvalue weighted by atomic mass is 32.1. The van der Waals surface area contributed by atoms with E-state index in [0.29, 0.717) is 6.04 Å². The summed E-state index contributed by atoms with van der Waals surface area (Å²) in [4.78, 5) is 1.44. The van der Waals surface area contributed by atoms with Crippen LogP contribution >= 0.6 is 11.3 Å². The van der Waals surface area contributed by atoms with Crippen molar-refractivity contribution in [2.75, 3.05) is 7.11 Å². The van der Waals surface area contributed by atoms with Crippen molar-refractivity contribution in [2.45, 2.75) is 32.9 Å². The van der Waals surface area contributed by atoms with Gasteiger partial charge in [0.25, 0.3) is 0 Å². The molecule has 0 aliphatic rings. The summed E-state index contributed by atoms with van der Waals surface area (Å²) in [7, 11) is 1.70. The minimum atomic E-state index is 0.321. The minimum absolute atomic E-state index is 0.321. The van der Waals surface area contributed by atoms with E-state index in [-0.39, 0.29) is 0 Å². The molecular weight excluding hydrogens is 254 g/mol. The minimum Gasteiger partial charge on any atom is -0.497 e. The van der Waals surface area contributed by atoms with Crippen LogP contribution in [-0.2, 0) is 13.0 Å². The lowest BCUT2D eigenvalue weighted by Gasteiger charge is -2.15. The Hall–Kier alpha value is -1.32. The predicted molar refractivity (Wildman–Crippen MR) is 81.9 cm³/mol. The van der Waals surface area contributed by atoms with E-state index >= 15 is 0 Å². The van der Waals surface area contributed by atoms with Crippen molar-refractivity contribution in [3.8, 4) is 5.75 Å². The zero-order valence-corrected chi connectivity index (χ0v) is 12.6. The SMILES string of the molecule is CCc1ccsc1CNC(C)c1cccc(OC)c1. The van der Waals surface area contributed by atoms with Gasteiger partial charge in [-0.2, -0.15) is 0 Å². The van der Waals surface area contributed by atoms with Crippen molar-refractivity contribution in [1.82, 2.24) is 5.32 Å². The van der Waals surface area contributed by atoms with E-state index in [1.165, 1.54) is 16.0 Å². The second kappa shape index (κ2) is 6.73. The molecule has 0 saturated carbocycles. The van der Waals surface area contributed by atoms with Crippen molar-refractivity contribution < 1.29 is 4.74 Å². The Labute approximate surface area is 119 Å². The van der Waals surface area contributed by atoms with Crippen LogP contribution in [0.3, 0.4) is 0 Å². The summed E-state index contributed by atoms with van der Waals surface area (Å²) in [6.07, 6.45) is 1.11. The van der Waals surface area contributed by atoms with E-state index in [0.717, 1.165) is 18.7 Å². The molecule has 0 aliphatic carbocycles. The van der Waals surface area contributed by atoms with Crippen LogP contribution in [0.1, 0.15) is 35.9 Å². The lowest BCUT2D eigenvalue weighted by Crippen LogP contribution is -2.18. The molecule has 1 aromatic heterocycles. The smallest absolute Gasteiger partial charge is 0.119 e. The van der Waals surface area contributed by atoms with Crippen molar-refractivity contribution >= 4 is 11.3 Å². The molecule has 2 nitrogen and oxygen atoms in total. The molecule has 19 heavy (non-hydrogen) atoms. The molecule has 0 spiro atoms. The standard InChI is InChI=1S/C16H21NOS/c1-4-13-8-9-19-16(13)11-17-12(2)14-6-5-7-15(10-14)18-3/h5-10,12,17H,4,11H2,1-3H3. The summed E-state index contributed by atoms with van der Waals surface area (Å²) in [6, 6.07) is 10.8. The molecule has 0 aliphatic heterocycles. The number of benzene rings is 1. The highest BCUT2D eigenvalue weighted by Crippen LogP contribution is 2.21. The maximum atomic E-state index is 5.27. The van der Waals surface area contributed by atoms with Crippen LogP contribution in [0.15, 0.2) is 35.7 Å². The van der Waals surface area contributed by atoms with Gasteiger partial charge in [0.05, 0.1) is 7.11 Å². The largest absolute Gasteiger partial charge is 0.497 e. The van der Waals surface area contributed by atoms with Crippen LogP contribution in [0.2, 0.25) is 0 Å². The first-order valence-electron chi connectivity index (χ1n) is 6.67. The first kappa shape index (κ1) is 14.1. The van der Waals surface area contributed by atoms with Gasteiger partial charge < -0.3 is 10.1 Å². The Morgan fingerprint density at radius 3 is 2.89 bits per heavy atom. The molecule has 0 saturated heterocycles. The Morgan fingerprint density at radius 2 is 2.16 bits per heavy atom. The van der Waals surface area contributed by atoms with Crippen molar-refractivity contribution in [3.05, 3.63) is 51.7 Å². The van der Waals surface area contributed by atoms with Gasteiger partial charge in [0.2, 0.25) is 0 Å². The molecule has 0 fully saturated rings. The molecule has 0 amide bonds. The topological polar surface area (TPSA) is 21.3 Å². The molecule has 3 heteroatoms. The molecule has 102 valence electrons. The summed E-state index contributed by atoms with van der Waals surface area (Å²) < 4.78 is 5.27. The van der Waals surface area contributed by atoms with E-state index in [1.54, 1.807) is 7.11 Å². The Morgan fingerprint density at radius 1 is 1.32 bits per heavy atom. The fourth-order valence-electron chi connectivity index (χ4n) is 2.11. The number of ether oxygens (including phenoxy) is 1. The van der Waals surface area contributed by atoms with Gasteiger partial charge in [-0.15, -0.1) is 11.3 Å². The number of rotatable bonds is 6. The summed E-state index contributed by atoms with van der Waals surface area (Å²) in [5.41, 5.74) is 2.71. The number of nitrogens with one attached hydrogen (secondary N) is 1. The van der Waals surface area contributed by atoms with Crippen LogP contribution in [0.5, 0.6) is 5.75 Å². The van der Waals surface area contributed by atoms with Crippen molar-refractivity contribution in [1.29, 1.82) is 0 Å². The molecule has 0 bridgehead atoms. The zero-order valence-electron chi connectivity index (χ0n) is 11.8. The molecule has 1 heterocycles. The number of aryl methyl sites for hydroxylation is 1. The Kier molecular flexibility index (Phi) is 5.00. The lowest BCUT2D eigenvalue weighted by molar-refractivity contribution is 0.413. The Bertz CT molecular complexity index is 521. The molecule has 1 unspecified atom stereocenters. The Balaban J connectivity index is 1.99. The van der Waals surface area contributed by atoms with Gasteiger partial charge in [0, 0.05) is 17.5 Å². The molecule has 1 atom stereocenters. The fraction of sp³-hybridized carbons (Fsp3) is 0.375. The first-order chi connectivity index (χ1) is 9.24. The predicted octanol–water partition coefficient (Wildman–Crippen LogP) is 4.17. The summed E-state index contributed by atoms with van der Waals surface area (Å²) >= 11 is 1.83. The van der Waals surface area contributed by atoms with Gasteiger partial charge >= 0.3 is 0 Å². The van der Waals surface area contributed by atoms with Crippen LogP contribution < -0.4 is 10.1 Å². The maximum Gasteiger partial charge on any atom is 0.119 e. The van der Waals surface area contributed by atoms with Crippen LogP contribution in [0.4, 0.5) is 0 Å². The normalized spacial score (nSPS) is 12.4. The number of thiophene rings is 1. The van der Waals surface area contributed by atoms with E-state index in [9.17, 15) is 0 Å². The van der Waals surface area contributed by atoms with E-state index in [1.807, 2.05) is 23.5 Å². The second-order valence-electron chi connectivity index (χ2n) is 4.60. The molecule has 2 aromatic rings. The first-order valence-corrected chi connectivity index (χ1v) is 7.55. The third-order valence-corrected chi connectivity index (χ3v) is 4.34. The average Bonchev–Trinajstić information content (AvgIpc) is 2.92. The van der Waals surface area contributed by atoms with Crippen molar-refractivity contribution in [3.63, 3.8) is 0 Å². The van der Waals surface area contributed by atoms with Gasteiger partial charge in [-0.1, -0.05) is 19.1 Å².